The quantitative estimate of drug-likeness (QED) is 0.450. The van der Waals surface area contributed by atoms with Gasteiger partial charge in [-0.05, 0) is 24.3 Å². The molecule has 0 N–H and O–H groups in total. The van der Waals surface area contributed by atoms with Gasteiger partial charge in [-0.25, -0.2) is 4.39 Å². The molecular formula is C19H12FNO3S. The molecule has 0 spiro atoms. The molecule has 5 aromatic rings. The standard InChI is InChI=1S/C19H12FNO3S/c20-11-25(22,23)24-12-9-15-13-5-1-3-7-17(13)21-18-8-4-2-6-14(18)16(10-12)19(15)21/h1-10H,11H2. The van der Waals surface area contributed by atoms with Crippen molar-refractivity contribution in [1.29, 1.82) is 0 Å². The molecule has 2 aromatic heterocycles. The lowest BCUT2D eigenvalue weighted by Crippen LogP contribution is -2.10. The smallest absolute Gasteiger partial charge is 0.339 e. The summed E-state index contributed by atoms with van der Waals surface area (Å²) in [5.41, 5.74) is 3.08. The second kappa shape index (κ2) is 4.83. The van der Waals surface area contributed by atoms with Gasteiger partial charge in [-0.15, -0.1) is 0 Å². The molecule has 0 saturated carbocycles. The molecule has 3 aromatic carbocycles. The van der Waals surface area contributed by atoms with Crippen LogP contribution < -0.4 is 4.18 Å². The molecule has 0 atom stereocenters. The number of hydrogen-bond acceptors (Lipinski definition) is 3. The van der Waals surface area contributed by atoms with Crippen LogP contribution in [-0.2, 0) is 10.1 Å². The molecule has 2 heterocycles. The Kier molecular flexibility index (Phi) is 2.80. The molecule has 0 amide bonds. The van der Waals surface area contributed by atoms with Crippen LogP contribution in [0.3, 0.4) is 0 Å². The molecular weight excluding hydrogens is 341 g/mol. The third kappa shape index (κ3) is 1.94. The Bertz CT molecular complexity index is 1290. The lowest BCUT2D eigenvalue weighted by molar-refractivity contribution is 0.451. The number of aromatic nitrogens is 1. The van der Waals surface area contributed by atoms with Crippen molar-refractivity contribution in [3.05, 3.63) is 60.7 Å². The number of nitrogens with zero attached hydrogens (tertiary/aromatic N) is 1. The van der Waals surface area contributed by atoms with E-state index in [9.17, 15) is 12.8 Å². The Morgan fingerprint density at radius 1 is 0.840 bits per heavy atom. The first-order chi connectivity index (χ1) is 12.1. The summed E-state index contributed by atoms with van der Waals surface area (Å²) in [6.45, 7) is 0. The van der Waals surface area contributed by atoms with Crippen LogP contribution >= 0.6 is 0 Å². The maximum atomic E-state index is 12.7. The molecule has 0 aliphatic carbocycles. The van der Waals surface area contributed by atoms with Crippen LogP contribution in [0.4, 0.5) is 4.39 Å². The first kappa shape index (κ1) is 14.5. The van der Waals surface area contributed by atoms with Gasteiger partial charge in [0.05, 0.1) is 16.6 Å². The lowest BCUT2D eigenvalue weighted by atomic mass is 10.1. The molecule has 124 valence electrons. The van der Waals surface area contributed by atoms with E-state index in [0.29, 0.717) is 0 Å². The average Bonchev–Trinajstić information content (AvgIpc) is 3.12. The normalized spacial score (nSPS) is 12.7. The van der Waals surface area contributed by atoms with E-state index in [0.717, 1.165) is 38.1 Å². The molecule has 0 fully saturated rings. The monoisotopic (exact) mass is 353 g/mol. The van der Waals surface area contributed by atoms with Crippen LogP contribution in [0.5, 0.6) is 5.75 Å². The van der Waals surface area contributed by atoms with Crippen molar-refractivity contribution in [2.24, 2.45) is 0 Å². The Morgan fingerprint density at radius 2 is 1.36 bits per heavy atom. The highest BCUT2D eigenvalue weighted by atomic mass is 32.2. The first-order valence-corrected chi connectivity index (χ1v) is 9.32. The van der Waals surface area contributed by atoms with Crippen LogP contribution in [0.2, 0.25) is 0 Å². The zero-order valence-corrected chi connectivity index (χ0v) is 13.8. The van der Waals surface area contributed by atoms with Crippen molar-refractivity contribution in [3.63, 3.8) is 0 Å². The van der Waals surface area contributed by atoms with Crippen molar-refractivity contribution in [3.8, 4) is 5.75 Å². The largest absolute Gasteiger partial charge is 0.381 e. The van der Waals surface area contributed by atoms with E-state index in [-0.39, 0.29) is 5.75 Å². The Balaban J connectivity index is 2.00. The van der Waals surface area contributed by atoms with E-state index in [4.69, 9.17) is 4.18 Å². The molecule has 0 radical (unpaired) electrons. The summed E-state index contributed by atoms with van der Waals surface area (Å²) in [4.78, 5) is 0. The molecule has 25 heavy (non-hydrogen) atoms. The van der Waals surface area contributed by atoms with Crippen LogP contribution in [0.1, 0.15) is 0 Å². The average molecular weight is 353 g/mol. The highest BCUT2D eigenvalue weighted by Gasteiger charge is 2.20. The van der Waals surface area contributed by atoms with Gasteiger partial charge in [-0.3, -0.25) is 0 Å². The molecule has 4 nitrogen and oxygen atoms in total. The fourth-order valence-corrected chi connectivity index (χ4v) is 4.07. The maximum absolute atomic E-state index is 12.7. The SMILES string of the molecule is O=S(=O)(CF)Oc1cc2c3ccccc3n3c4ccccc4c(c1)c23. The third-order valence-corrected chi connectivity index (χ3v) is 5.25. The Morgan fingerprint density at radius 3 is 1.88 bits per heavy atom. The zero-order chi connectivity index (χ0) is 17.2. The minimum Gasteiger partial charge on any atom is -0.381 e. The van der Waals surface area contributed by atoms with Gasteiger partial charge < -0.3 is 8.58 Å². The number of fused-ring (bicyclic) bond motifs is 6. The van der Waals surface area contributed by atoms with Gasteiger partial charge in [0.25, 0.3) is 0 Å². The van der Waals surface area contributed by atoms with Gasteiger partial charge >= 0.3 is 10.1 Å². The lowest BCUT2D eigenvalue weighted by Gasteiger charge is -2.05. The first-order valence-electron chi connectivity index (χ1n) is 7.74. The highest BCUT2D eigenvalue weighted by Crippen LogP contribution is 2.41. The minimum absolute atomic E-state index is 0.125. The van der Waals surface area contributed by atoms with Crippen LogP contribution in [0, 0.1) is 0 Å². The minimum atomic E-state index is -4.24. The van der Waals surface area contributed by atoms with E-state index >= 15 is 0 Å². The maximum Gasteiger partial charge on any atom is 0.339 e. The van der Waals surface area contributed by atoms with E-state index in [1.54, 1.807) is 12.1 Å². The van der Waals surface area contributed by atoms with E-state index in [2.05, 4.69) is 4.40 Å². The molecule has 0 unspecified atom stereocenters. The van der Waals surface area contributed by atoms with Crippen molar-refractivity contribution >= 4 is 48.2 Å². The number of hydrogen-bond donors (Lipinski definition) is 0. The third-order valence-electron chi connectivity index (χ3n) is 4.53. The van der Waals surface area contributed by atoms with Gasteiger partial charge in [0, 0.05) is 21.5 Å². The fourth-order valence-electron chi connectivity index (χ4n) is 3.64. The summed E-state index contributed by atoms with van der Waals surface area (Å²) < 4.78 is 42.9. The summed E-state index contributed by atoms with van der Waals surface area (Å²) in [5, 5.41) is 3.76. The second-order valence-electron chi connectivity index (χ2n) is 5.99. The van der Waals surface area contributed by atoms with Gasteiger partial charge in [-0.1, -0.05) is 36.4 Å². The molecule has 6 heteroatoms. The van der Waals surface area contributed by atoms with Gasteiger partial charge in [-0.2, -0.15) is 8.42 Å². The van der Waals surface area contributed by atoms with Gasteiger partial charge in [0.15, 0.2) is 0 Å². The molecule has 0 bridgehead atoms. The van der Waals surface area contributed by atoms with Gasteiger partial charge in [0.2, 0.25) is 6.01 Å². The summed E-state index contributed by atoms with van der Waals surface area (Å²) >= 11 is 0. The summed E-state index contributed by atoms with van der Waals surface area (Å²) in [7, 11) is -4.24. The van der Waals surface area contributed by atoms with Crippen LogP contribution in [0.15, 0.2) is 60.7 Å². The molecule has 0 aliphatic heterocycles. The summed E-state index contributed by atoms with van der Waals surface area (Å²) in [6, 6.07) is 17.6. The number of benzene rings is 3. The number of rotatable bonds is 3. The van der Waals surface area contributed by atoms with Crippen molar-refractivity contribution < 1.29 is 17.0 Å². The predicted molar refractivity (Wildman–Crippen MR) is 96.6 cm³/mol. The predicted octanol–water partition coefficient (Wildman–Crippen LogP) is 4.47. The van der Waals surface area contributed by atoms with Crippen molar-refractivity contribution in [2.75, 3.05) is 6.01 Å². The number of para-hydroxylation sites is 2. The number of alkyl halides is 1. The summed E-state index contributed by atoms with van der Waals surface area (Å²) in [6.07, 6.45) is 0. The van der Waals surface area contributed by atoms with Crippen LogP contribution in [-0.4, -0.2) is 18.8 Å². The van der Waals surface area contributed by atoms with Crippen molar-refractivity contribution in [2.45, 2.75) is 0 Å². The zero-order valence-electron chi connectivity index (χ0n) is 12.9. The van der Waals surface area contributed by atoms with E-state index < -0.39 is 16.1 Å². The molecule has 5 rings (SSSR count). The van der Waals surface area contributed by atoms with E-state index in [1.807, 2.05) is 48.5 Å². The second-order valence-corrected chi connectivity index (χ2v) is 7.49. The fraction of sp³-hybridized carbons (Fsp3) is 0.0526. The Labute approximate surface area is 142 Å². The van der Waals surface area contributed by atoms with E-state index in [1.165, 1.54) is 0 Å². The van der Waals surface area contributed by atoms with Crippen molar-refractivity contribution in [1.82, 2.24) is 4.40 Å². The number of halogens is 1. The molecule has 0 saturated heterocycles. The van der Waals surface area contributed by atoms with Crippen LogP contribution in [0.25, 0.3) is 38.1 Å². The highest BCUT2D eigenvalue weighted by molar-refractivity contribution is 7.86. The topological polar surface area (TPSA) is 47.8 Å². The Hall–Kier alpha value is -2.86. The summed E-state index contributed by atoms with van der Waals surface area (Å²) in [5.74, 6) is 0.125. The van der Waals surface area contributed by atoms with Gasteiger partial charge in [0.1, 0.15) is 5.75 Å². The molecule has 0 aliphatic rings.